The SMILES string of the molecule is CC(=O)C=C1SC(C)=C(C)S1. The molecule has 0 aliphatic carbocycles. The van der Waals surface area contributed by atoms with Crippen molar-refractivity contribution in [2.75, 3.05) is 0 Å². The lowest BCUT2D eigenvalue weighted by Gasteiger charge is -1.90. The van der Waals surface area contributed by atoms with E-state index in [1.807, 2.05) is 0 Å². The Kier molecular flexibility index (Phi) is 2.84. The molecule has 0 radical (unpaired) electrons. The highest BCUT2D eigenvalue weighted by Gasteiger charge is 2.13. The zero-order valence-corrected chi connectivity index (χ0v) is 8.44. The fourth-order valence-electron chi connectivity index (χ4n) is 0.691. The Morgan fingerprint density at radius 2 is 1.73 bits per heavy atom. The van der Waals surface area contributed by atoms with E-state index in [1.165, 1.54) is 9.81 Å². The Morgan fingerprint density at radius 1 is 1.27 bits per heavy atom. The highest BCUT2D eigenvalue weighted by molar-refractivity contribution is 8.28. The Hall–Kier alpha value is -0.150. The highest BCUT2D eigenvalue weighted by atomic mass is 32.2. The summed E-state index contributed by atoms with van der Waals surface area (Å²) in [5, 5.41) is 0. The molecular formula is C8H10OS2. The van der Waals surface area contributed by atoms with Gasteiger partial charge in [0.15, 0.2) is 5.78 Å². The summed E-state index contributed by atoms with van der Waals surface area (Å²) in [6.07, 6.45) is 1.69. The normalized spacial score (nSPS) is 17.5. The monoisotopic (exact) mass is 186 g/mol. The first kappa shape index (κ1) is 8.94. The Balaban J connectivity index is 2.68. The van der Waals surface area contributed by atoms with Gasteiger partial charge in [-0.15, -0.1) is 0 Å². The van der Waals surface area contributed by atoms with Crippen LogP contribution in [0.3, 0.4) is 0 Å². The van der Waals surface area contributed by atoms with Gasteiger partial charge >= 0.3 is 0 Å². The standard InChI is InChI=1S/C8H10OS2/c1-5(9)4-8-10-6(2)7(3)11-8/h4H,1-3H3. The molecule has 0 atom stereocenters. The van der Waals surface area contributed by atoms with Gasteiger partial charge in [0.25, 0.3) is 0 Å². The zero-order chi connectivity index (χ0) is 8.43. The fourth-order valence-corrected chi connectivity index (χ4v) is 3.20. The molecule has 11 heavy (non-hydrogen) atoms. The molecule has 0 unspecified atom stereocenters. The Bertz CT molecular complexity index is 235. The third-order valence-corrected chi connectivity index (χ3v) is 3.82. The molecule has 1 aliphatic heterocycles. The van der Waals surface area contributed by atoms with Crippen molar-refractivity contribution in [2.24, 2.45) is 0 Å². The van der Waals surface area contributed by atoms with E-state index in [1.54, 1.807) is 36.5 Å². The molecular weight excluding hydrogens is 176 g/mol. The van der Waals surface area contributed by atoms with Crippen LogP contribution in [0.15, 0.2) is 20.1 Å². The van der Waals surface area contributed by atoms with E-state index >= 15 is 0 Å². The molecule has 60 valence electrons. The summed E-state index contributed by atoms with van der Waals surface area (Å²) in [5.41, 5.74) is 0. The number of hydrogen-bond donors (Lipinski definition) is 0. The van der Waals surface area contributed by atoms with Crippen molar-refractivity contribution in [2.45, 2.75) is 20.8 Å². The van der Waals surface area contributed by atoms with Crippen LogP contribution in [-0.4, -0.2) is 5.78 Å². The first-order chi connectivity index (χ1) is 5.09. The lowest BCUT2D eigenvalue weighted by Crippen LogP contribution is -1.80. The minimum atomic E-state index is 0.127. The van der Waals surface area contributed by atoms with Gasteiger partial charge in [-0.2, -0.15) is 0 Å². The van der Waals surface area contributed by atoms with E-state index < -0.39 is 0 Å². The average Bonchev–Trinajstić information content (AvgIpc) is 2.10. The van der Waals surface area contributed by atoms with Crippen LogP contribution in [0.1, 0.15) is 20.8 Å². The topological polar surface area (TPSA) is 17.1 Å². The average molecular weight is 186 g/mol. The van der Waals surface area contributed by atoms with Gasteiger partial charge in [-0.05, 0) is 30.6 Å². The molecule has 0 spiro atoms. The predicted octanol–water partition coefficient (Wildman–Crippen LogP) is 3.15. The van der Waals surface area contributed by atoms with Crippen LogP contribution < -0.4 is 0 Å². The molecule has 1 aliphatic rings. The molecule has 1 heterocycles. The summed E-state index contributed by atoms with van der Waals surface area (Å²) in [6.45, 7) is 5.74. The third kappa shape index (κ3) is 2.42. The lowest BCUT2D eigenvalue weighted by atomic mass is 10.5. The number of carbonyl (C=O) groups is 1. The molecule has 0 aromatic rings. The fraction of sp³-hybridized carbons (Fsp3) is 0.375. The second kappa shape index (κ2) is 3.50. The van der Waals surface area contributed by atoms with E-state index in [9.17, 15) is 4.79 Å². The maximum atomic E-state index is 10.7. The molecule has 0 bridgehead atoms. The summed E-state index contributed by atoms with van der Waals surface area (Å²) in [7, 11) is 0. The molecule has 1 nitrogen and oxygen atoms in total. The van der Waals surface area contributed by atoms with Crippen LogP contribution >= 0.6 is 23.5 Å². The molecule has 0 N–H and O–H groups in total. The van der Waals surface area contributed by atoms with Gasteiger partial charge in [-0.1, -0.05) is 23.5 Å². The number of allylic oxidation sites excluding steroid dienone is 3. The molecule has 1 rings (SSSR count). The van der Waals surface area contributed by atoms with E-state index in [0.717, 1.165) is 4.24 Å². The Morgan fingerprint density at radius 3 is 2.09 bits per heavy atom. The molecule has 0 saturated heterocycles. The predicted molar refractivity (Wildman–Crippen MR) is 52.3 cm³/mol. The number of ketones is 1. The second-order valence-corrected chi connectivity index (χ2v) is 5.16. The summed E-state index contributed by atoms with van der Waals surface area (Å²) >= 11 is 3.37. The molecule has 0 fully saturated rings. The quantitative estimate of drug-likeness (QED) is 0.586. The van der Waals surface area contributed by atoms with Gasteiger partial charge in [0.05, 0.1) is 4.24 Å². The number of rotatable bonds is 1. The number of carbonyl (C=O) groups excluding carboxylic acids is 1. The van der Waals surface area contributed by atoms with Crippen molar-refractivity contribution >= 4 is 29.3 Å². The second-order valence-electron chi connectivity index (χ2n) is 2.39. The number of thioether (sulfide) groups is 2. The third-order valence-electron chi connectivity index (χ3n) is 1.32. The van der Waals surface area contributed by atoms with Gasteiger partial charge in [0.1, 0.15) is 0 Å². The Labute approximate surface area is 75.3 Å². The minimum Gasteiger partial charge on any atom is -0.295 e. The van der Waals surface area contributed by atoms with Gasteiger partial charge in [-0.25, -0.2) is 0 Å². The van der Waals surface area contributed by atoms with Gasteiger partial charge in [0, 0.05) is 6.08 Å². The van der Waals surface area contributed by atoms with Crippen molar-refractivity contribution in [3.8, 4) is 0 Å². The van der Waals surface area contributed by atoms with Crippen LogP contribution in [0.2, 0.25) is 0 Å². The lowest BCUT2D eigenvalue weighted by molar-refractivity contribution is -0.112. The van der Waals surface area contributed by atoms with E-state index in [4.69, 9.17) is 0 Å². The molecule has 0 saturated carbocycles. The van der Waals surface area contributed by atoms with Crippen molar-refractivity contribution in [1.29, 1.82) is 0 Å². The molecule has 0 amide bonds. The van der Waals surface area contributed by atoms with Crippen molar-refractivity contribution in [1.82, 2.24) is 0 Å². The zero-order valence-electron chi connectivity index (χ0n) is 6.80. The maximum Gasteiger partial charge on any atom is 0.154 e. The summed E-state index contributed by atoms with van der Waals surface area (Å²) in [4.78, 5) is 13.3. The first-order valence-corrected chi connectivity index (χ1v) is 4.98. The van der Waals surface area contributed by atoms with Crippen LogP contribution in [0.25, 0.3) is 0 Å². The molecule has 3 heteroatoms. The van der Waals surface area contributed by atoms with Gasteiger partial charge in [-0.3, -0.25) is 4.79 Å². The summed E-state index contributed by atoms with van der Waals surface area (Å²) in [5.74, 6) is 0.127. The molecule has 0 aromatic heterocycles. The van der Waals surface area contributed by atoms with Crippen LogP contribution in [0.5, 0.6) is 0 Å². The van der Waals surface area contributed by atoms with Crippen LogP contribution in [-0.2, 0) is 4.79 Å². The van der Waals surface area contributed by atoms with Gasteiger partial charge in [0.2, 0.25) is 0 Å². The molecule has 0 aromatic carbocycles. The summed E-state index contributed by atoms with van der Waals surface area (Å²) < 4.78 is 1.10. The largest absolute Gasteiger partial charge is 0.295 e. The van der Waals surface area contributed by atoms with Crippen LogP contribution in [0, 0.1) is 0 Å². The van der Waals surface area contributed by atoms with E-state index in [0.29, 0.717) is 0 Å². The van der Waals surface area contributed by atoms with E-state index in [2.05, 4.69) is 13.8 Å². The number of hydrogen-bond acceptors (Lipinski definition) is 3. The van der Waals surface area contributed by atoms with Crippen LogP contribution in [0.4, 0.5) is 0 Å². The smallest absolute Gasteiger partial charge is 0.154 e. The first-order valence-electron chi connectivity index (χ1n) is 3.35. The van der Waals surface area contributed by atoms with Gasteiger partial charge < -0.3 is 0 Å². The summed E-state index contributed by atoms with van der Waals surface area (Å²) in [6, 6.07) is 0. The van der Waals surface area contributed by atoms with Crippen molar-refractivity contribution < 1.29 is 4.79 Å². The van der Waals surface area contributed by atoms with Crippen molar-refractivity contribution in [3.63, 3.8) is 0 Å². The van der Waals surface area contributed by atoms with E-state index in [-0.39, 0.29) is 5.78 Å². The maximum absolute atomic E-state index is 10.7. The highest BCUT2D eigenvalue weighted by Crippen LogP contribution is 2.48. The minimum absolute atomic E-state index is 0.127. The van der Waals surface area contributed by atoms with Crippen molar-refractivity contribution in [3.05, 3.63) is 20.1 Å².